The number of carbonyl (C=O) groups is 3. The number of carbonyl (C=O) groups excluding carboxylic acids is 3. The molecule has 1 aromatic carbocycles. The Bertz CT molecular complexity index is 657. The Morgan fingerprint density at radius 3 is 2.71 bits per heavy atom. The number of hydrogen-bond acceptors (Lipinski definition) is 5. The van der Waals surface area contributed by atoms with E-state index in [2.05, 4.69) is 4.74 Å². The van der Waals surface area contributed by atoms with Crippen molar-refractivity contribution in [1.29, 1.82) is 5.26 Å². The molecule has 2 fully saturated rings. The Morgan fingerprint density at radius 2 is 2.10 bits per heavy atom. The molecule has 0 bridgehead atoms. The molecule has 7 nitrogen and oxygen atoms in total. The lowest BCUT2D eigenvalue weighted by Gasteiger charge is -2.41. The van der Waals surface area contributed by atoms with Crippen molar-refractivity contribution in [3.05, 3.63) is 35.4 Å². The second-order valence-corrected chi connectivity index (χ2v) is 4.87. The zero-order chi connectivity index (χ0) is 15.0. The van der Waals surface area contributed by atoms with Gasteiger partial charge in [-0.05, 0) is 18.2 Å². The van der Waals surface area contributed by atoms with E-state index in [0.717, 1.165) is 4.90 Å². The quantitative estimate of drug-likeness (QED) is 0.782. The van der Waals surface area contributed by atoms with Gasteiger partial charge in [0, 0.05) is 18.7 Å². The van der Waals surface area contributed by atoms with Gasteiger partial charge in [0.05, 0.1) is 17.7 Å². The van der Waals surface area contributed by atoms with Gasteiger partial charge in [-0.3, -0.25) is 9.59 Å². The van der Waals surface area contributed by atoms with Crippen LogP contribution in [0.15, 0.2) is 24.3 Å². The van der Waals surface area contributed by atoms with Gasteiger partial charge in [0.1, 0.15) is 0 Å². The molecule has 7 heteroatoms. The molecule has 0 saturated carbocycles. The summed E-state index contributed by atoms with van der Waals surface area (Å²) < 4.78 is 4.64. The van der Waals surface area contributed by atoms with E-state index in [9.17, 15) is 14.4 Å². The Labute approximate surface area is 120 Å². The maximum Gasteiger partial charge on any atom is 0.417 e. The van der Waals surface area contributed by atoms with Gasteiger partial charge in [-0.15, -0.1) is 0 Å². The molecule has 2 aliphatic heterocycles. The fourth-order valence-corrected chi connectivity index (χ4v) is 2.41. The van der Waals surface area contributed by atoms with Crippen LogP contribution in [-0.4, -0.2) is 53.4 Å². The largest absolute Gasteiger partial charge is 0.439 e. The van der Waals surface area contributed by atoms with Gasteiger partial charge < -0.3 is 9.64 Å². The Balaban J connectivity index is 1.66. The van der Waals surface area contributed by atoms with Gasteiger partial charge in [-0.25, -0.2) is 9.69 Å². The fourth-order valence-electron chi connectivity index (χ4n) is 2.41. The highest BCUT2D eigenvalue weighted by atomic mass is 16.6. The number of amides is 3. The summed E-state index contributed by atoms with van der Waals surface area (Å²) in [7, 11) is 0. The van der Waals surface area contributed by atoms with Crippen molar-refractivity contribution in [3.63, 3.8) is 0 Å². The van der Waals surface area contributed by atoms with Gasteiger partial charge >= 0.3 is 6.09 Å². The Hall–Kier alpha value is -2.88. The summed E-state index contributed by atoms with van der Waals surface area (Å²) in [6, 6.07) is 8.07. The summed E-state index contributed by atoms with van der Waals surface area (Å²) in [4.78, 5) is 37.7. The van der Waals surface area contributed by atoms with E-state index >= 15 is 0 Å². The molecular weight excluding hydrogens is 274 g/mol. The van der Waals surface area contributed by atoms with Crippen molar-refractivity contribution >= 4 is 17.9 Å². The summed E-state index contributed by atoms with van der Waals surface area (Å²) in [5, 5.41) is 8.83. The number of nitriles is 1. The molecule has 3 rings (SSSR count). The van der Waals surface area contributed by atoms with Crippen LogP contribution in [0, 0.1) is 11.3 Å². The highest BCUT2D eigenvalue weighted by molar-refractivity contribution is 5.99. The van der Waals surface area contributed by atoms with Crippen LogP contribution in [0.3, 0.4) is 0 Å². The van der Waals surface area contributed by atoms with Crippen molar-refractivity contribution in [2.45, 2.75) is 6.04 Å². The van der Waals surface area contributed by atoms with Crippen molar-refractivity contribution in [2.75, 3.05) is 19.7 Å². The SMILES string of the molecule is N#Cc1cccc(C(=O)N2CC(N3C(=O)COC3=O)C2)c1. The number of hydrogen-bond donors (Lipinski definition) is 0. The first-order valence-electron chi connectivity index (χ1n) is 6.38. The zero-order valence-corrected chi connectivity index (χ0v) is 11.0. The molecule has 0 atom stereocenters. The summed E-state index contributed by atoms with van der Waals surface area (Å²) >= 11 is 0. The van der Waals surface area contributed by atoms with Crippen LogP contribution >= 0.6 is 0 Å². The van der Waals surface area contributed by atoms with Gasteiger partial charge in [-0.2, -0.15) is 5.26 Å². The molecule has 0 N–H and O–H groups in total. The third-order valence-electron chi connectivity index (χ3n) is 3.54. The van der Waals surface area contributed by atoms with E-state index in [-0.39, 0.29) is 37.6 Å². The number of benzene rings is 1. The number of cyclic esters (lactones) is 1. The molecule has 1 aromatic rings. The lowest BCUT2D eigenvalue weighted by Crippen LogP contribution is -2.62. The number of ether oxygens (including phenoxy) is 1. The van der Waals surface area contributed by atoms with Crippen LogP contribution in [0.25, 0.3) is 0 Å². The first kappa shape index (κ1) is 13.1. The van der Waals surface area contributed by atoms with E-state index in [1.54, 1.807) is 18.2 Å². The topological polar surface area (TPSA) is 90.7 Å². The van der Waals surface area contributed by atoms with E-state index in [4.69, 9.17) is 5.26 Å². The Morgan fingerprint density at radius 1 is 1.33 bits per heavy atom. The predicted octanol–water partition coefficient (Wildman–Crippen LogP) is 0.361. The van der Waals surface area contributed by atoms with Crippen LogP contribution < -0.4 is 0 Å². The molecule has 21 heavy (non-hydrogen) atoms. The standard InChI is InChI=1S/C14H11N3O4/c15-5-9-2-1-3-10(4-9)13(19)16-6-11(7-16)17-12(18)8-21-14(17)20/h1-4,11H,6-8H2. The van der Waals surface area contributed by atoms with E-state index in [1.807, 2.05) is 6.07 Å². The van der Waals surface area contributed by atoms with Crippen LogP contribution in [0.2, 0.25) is 0 Å². The average Bonchev–Trinajstić information content (AvgIpc) is 2.78. The second kappa shape index (κ2) is 4.90. The number of imide groups is 1. The molecular formula is C14H11N3O4. The lowest BCUT2D eigenvalue weighted by atomic mass is 10.0. The second-order valence-electron chi connectivity index (χ2n) is 4.87. The van der Waals surface area contributed by atoms with Crippen molar-refractivity contribution < 1.29 is 19.1 Å². The van der Waals surface area contributed by atoms with Crippen LogP contribution in [-0.2, 0) is 9.53 Å². The van der Waals surface area contributed by atoms with E-state index in [1.165, 1.54) is 11.0 Å². The van der Waals surface area contributed by atoms with E-state index in [0.29, 0.717) is 11.1 Å². The van der Waals surface area contributed by atoms with Crippen LogP contribution in [0.4, 0.5) is 4.79 Å². The smallest absolute Gasteiger partial charge is 0.417 e. The number of nitrogens with zero attached hydrogens (tertiary/aromatic N) is 3. The highest BCUT2D eigenvalue weighted by Gasteiger charge is 2.44. The molecule has 2 heterocycles. The monoisotopic (exact) mass is 285 g/mol. The minimum absolute atomic E-state index is 0.219. The van der Waals surface area contributed by atoms with Gasteiger partial charge in [0.2, 0.25) is 0 Å². The van der Waals surface area contributed by atoms with Crippen LogP contribution in [0.5, 0.6) is 0 Å². The minimum atomic E-state index is -0.649. The molecule has 0 unspecified atom stereocenters. The molecule has 0 radical (unpaired) electrons. The number of rotatable bonds is 2. The van der Waals surface area contributed by atoms with Crippen molar-refractivity contribution in [3.8, 4) is 6.07 Å². The number of likely N-dealkylation sites (tertiary alicyclic amines) is 1. The summed E-state index contributed by atoms with van der Waals surface area (Å²) in [5.74, 6) is -0.591. The first-order chi connectivity index (χ1) is 10.1. The van der Waals surface area contributed by atoms with Crippen LogP contribution in [0.1, 0.15) is 15.9 Å². The lowest BCUT2D eigenvalue weighted by molar-refractivity contribution is -0.129. The van der Waals surface area contributed by atoms with Gasteiger partial charge in [-0.1, -0.05) is 6.07 Å². The normalized spacial score (nSPS) is 18.2. The average molecular weight is 285 g/mol. The highest BCUT2D eigenvalue weighted by Crippen LogP contribution is 2.21. The van der Waals surface area contributed by atoms with Gasteiger partial charge in [0.25, 0.3) is 11.8 Å². The zero-order valence-electron chi connectivity index (χ0n) is 11.0. The Kier molecular flexibility index (Phi) is 3.06. The fraction of sp³-hybridized carbons (Fsp3) is 0.286. The maximum atomic E-state index is 12.2. The summed E-state index contributed by atoms with van der Waals surface area (Å²) in [6.07, 6.45) is -0.649. The molecule has 106 valence electrons. The molecule has 0 spiro atoms. The maximum absolute atomic E-state index is 12.2. The van der Waals surface area contributed by atoms with Gasteiger partial charge in [0.15, 0.2) is 6.61 Å². The summed E-state index contributed by atoms with van der Waals surface area (Å²) in [6.45, 7) is 0.348. The molecule has 2 aliphatic rings. The third-order valence-corrected chi connectivity index (χ3v) is 3.54. The third kappa shape index (κ3) is 2.21. The van der Waals surface area contributed by atoms with Crippen molar-refractivity contribution in [1.82, 2.24) is 9.80 Å². The minimum Gasteiger partial charge on any atom is -0.439 e. The van der Waals surface area contributed by atoms with E-state index < -0.39 is 6.09 Å². The first-order valence-corrected chi connectivity index (χ1v) is 6.38. The molecule has 0 aliphatic carbocycles. The molecule has 0 aromatic heterocycles. The predicted molar refractivity (Wildman–Crippen MR) is 69.0 cm³/mol. The summed E-state index contributed by atoms with van der Waals surface area (Å²) in [5.41, 5.74) is 0.832. The molecule has 3 amide bonds. The van der Waals surface area contributed by atoms with Crippen molar-refractivity contribution in [2.24, 2.45) is 0 Å². The molecule has 2 saturated heterocycles.